The van der Waals surface area contributed by atoms with Gasteiger partial charge in [-0.3, -0.25) is 9.48 Å². The van der Waals surface area contributed by atoms with Crippen LogP contribution in [0.1, 0.15) is 48.0 Å². The van der Waals surface area contributed by atoms with Gasteiger partial charge in [-0.25, -0.2) is 0 Å². The standard InChI is InChI=1S/C19H25N3O/c1-6-22-16(5)18(15(4)21-22)11-12-19(23)20-14(3)17-9-7-13(2)8-10-17/h7-12,14H,6H2,1-5H3,(H,20,23)/b12-11+. The fourth-order valence-electron chi connectivity index (χ4n) is 2.62. The smallest absolute Gasteiger partial charge is 0.244 e. The highest BCUT2D eigenvalue weighted by atomic mass is 16.1. The molecule has 0 fully saturated rings. The summed E-state index contributed by atoms with van der Waals surface area (Å²) >= 11 is 0. The summed E-state index contributed by atoms with van der Waals surface area (Å²) in [6.45, 7) is 10.9. The van der Waals surface area contributed by atoms with Crippen molar-refractivity contribution in [3.8, 4) is 0 Å². The Morgan fingerprint density at radius 2 is 1.91 bits per heavy atom. The maximum Gasteiger partial charge on any atom is 0.244 e. The molecule has 0 saturated heterocycles. The fraction of sp³-hybridized carbons (Fsp3) is 0.368. The zero-order chi connectivity index (χ0) is 17.0. The molecule has 1 aromatic carbocycles. The van der Waals surface area contributed by atoms with Gasteiger partial charge in [-0.05, 0) is 46.3 Å². The van der Waals surface area contributed by atoms with Gasteiger partial charge in [0.1, 0.15) is 0 Å². The van der Waals surface area contributed by atoms with Crippen molar-refractivity contribution in [3.63, 3.8) is 0 Å². The molecule has 0 radical (unpaired) electrons. The Balaban J connectivity index is 2.04. The lowest BCUT2D eigenvalue weighted by molar-refractivity contribution is -0.117. The maximum absolute atomic E-state index is 12.1. The minimum Gasteiger partial charge on any atom is -0.346 e. The van der Waals surface area contributed by atoms with Gasteiger partial charge in [-0.15, -0.1) is 0 Å². The largest absolute Gasteiger partial charge is 0.346 e. The highest BCUT2D eigenvalue weighted by molar-refractivity contribution is 5.92. The van der Waals surface area contributed by atoms with Gasteiger partial charge in [0.15, 0.2) is 0 Å². The van der Waals surface area contributed by atoms with Crippen molar-refractivity contribution < 1.29 is 4.79 Å². The highest BCUT2D eigenvalue weighted by Gasteiger charge is 2.10. The molecule has 1 amide bonds. The molecule has 2 aromatic rings. The van der Waals surface area contributed by atoms with Crippen molar-refractivity contribution in [2.75, 3.05) is 0 Å². The van der Waals surface area contributed by atoms with E-state index in [1.807, 2.05) is 43.7 Å². The van der Waals surface area contributed by atoms with Gasteiger partial charge < -0.3 is 5.32 Å². The molecule has 4 nitrogen and oxygen atoms in total. The van der Waals surface area contributed by atoms with Gasteiger partial charge in [-0.2, -0.15) is 5.10 Å². The molecular formula is C19H25N3O. The van der Waals surface area contributed by atoms with Crippen molar-refractivity contribution in [3.05, 3.63) is 58.4 Å². The Kier molecular flexibility index (Phi) is 5.37. The van der Waals surface area contributed by atoms with E-state index in [9.17, 15) is 4.79 Å². The molecule has 122 valence electrons. The molecule has 1 aromatic heterocycles. The zero-order valence-electron chi connectivity index (χ0n) is 14.6. The summed E-state index contributed by atoms with van der Waals surface area (Å²) < 4.78 is 1.95. The lowest BCUT2D eigenvalue weighted by Crippen LogP contribution is -2.24. The van der Waals surface area contributed by atoms with Crippen LogP contribution in [-0.2, 0) is 11.3 Å². The van der Waals surface area contributed by atoms with Crippen molar-refractivity contribution in [1.82, 2.24) is 15.1 Å². The number of nitrogens with one attached hydrogen (secondary N) is 1. The van der Waals surface area contributed by atoms with Crippen molar-refractivity contribution in [2.45, 2.75) is 47.2 Å². The first kappa shape index (κ1) is 17.0. The van der Waals surface area contributed by atoms with Crippen LogP contribution in [0.5, 0.6) is 0 Å². The van der Waals surface area contributed by atoms with E-state index in [1.165, 1.54) is 5.56 Å². The lowest BCUT2D eigenvalue weighted by atomic mass is 10.1. The van der Waals surface area contributed by atoms with Crippen molar-refractivity contribution in [1.29, 1.82) is 0 Å². The lowest BCUT2D eigenvalue weighted by Gasteiger charge is -2.13. The third kappa shape index (κ3) is 4.09. The second-order valence-electron chi connectivity index (χ2n) is 5.87. The molecule has 0 bridgehead atoms. The highest BCUT2D eigenvalue weighted by Crippen LogP contribution is 2.16. The summed E-state index contributed by atoms with van der Waals surface area (Å²) in [5, 5.41) is 7.45. The van der Waals surface area contributed by atoms with Gasteiger partial charge >= 0.3 is 0 Å². The second kappa shape index (κ2) is 7.27. The first-order valence-electron chi connectivity index (χ1n) is 8.01. The molecule has 23 heavy (non-hydrogen) atoms. The molecule has 1 heterocycles. The number of rotatable bonds is 5. The molecule has 0 aliphatic carbocycles. The van der Waals surface area contributed by atoms with E-state index in [0.717, 1.165) is 29.1 Å². The average molecular weight is 311 g/mol. The van der Waals surface area contributed by atoms with Crippen LogP contribution >= 0.6 is 0 Å². The van der Waals surface area contributed by atoms with Crippen LogP contribution in [0.4, 0.5) is 0 Å². The average Bonchev–Trinajstić information content (AvgIpc) is 2.79. The van der Waals surface area contributed by atoms with Gasteiger partial charge in [0, 0.05) is 23.9 Å². The number of hydrogen-bond acceptors (Lipinski definition) is 2. The number of amides is 1. The summed E-state index contributed by atoms with van der Waals surface area (Å²) in [7, 11) is 0. The van der Waals surface area contributed by atoms with Crippen LogP contribution in [0.25, 0.3) is 6.08 Å². The van der Waals surface area contributed by atoms with E-state index in [4.69, 9.17) is 0 Å². The summed E-state index contributed by atoms with van der Waals surface area (Å²) in [5.41, 5.74) is 5.36. The number of carbonyl (C=O) groups is 1. The van der Waals surface area contributed by atoms with E-state index in [0.29, 0.717) is 0 Å². The minimum absolute atomic E-state index is 0.0201. The number of hydrogen-bond donors (Lipinski definition) is 1. The molecule has 1 N–H and O–H groups in total. The van der Waals surface area contributed by atoms with Crippen LogP contribution in [-0.4, -0.2) is 15.7 Å². The third-order valence-corrected chi connectivity index (χ3v) is 4.07. The predicted octanol–water partition coefficient (Wildman–Crippen LogP) is 3.72. The molecule has 1 unspecified atom stereocenters. The number of nitrogens with zero attached hydrogens (tertiary/aromatic N) is 2. The zero-order valence-corrected chi connectivity index (χ0v) is 14.6. The summed E-state index contributed by atoms with van der Waals surface area (Å²) in [6, 6.07) is 8.18. The molecule has 0 spiro atoms. The number of benzene rings is 1. The fourth-order valence-corrected chi connectivity index (χ4v) is 2.62. The molecule has 0 saturated carbocycles. The summed E-state index contributed by atoms with van der Waals surface area (Å²) in [6.07, 6.45) is 3.43. The van der Waals surface area contributed by atoms with Crippen molar-refractivity contribution in [2.24, 2.45) is 0 Å². The maximum atomic E-state index is 12.1. The second-order valence-corrected chi connectivity index (χ2v) is 5.87. The SMILES string of the molecule is CCn1nc(C)c(/C=C/C(=O)NC(C)c2ccc(C)cc2)c1C. The van der Waals surface area contributed by atoms with E-state index in [-0.39, 0.29) is 11.9 Å². The summed E-state index contributed by atoms with van der Waals surface area (Å²) in [5.74, 6) is -0.0962. The van der Waals surface area contributed by atoms with Crippen LogP contribution in [0, 0.1) is 20.8 Å². The Bertz CT molecular complexity index is 711. The van der Waals surface area contributed by atoms with Gasteiger partial charge in [0.05, 0.1) is 11.7 Å². The molecule has 0 aliphatic heterocycles. The molecular weight excluding hydrogens is 286 g/mol. The van der Waals surface area contributed by atoms with Crippen molar-refractivity contribution >= 4 is 12.0 Å². The van der Waals surface area contributed by atoms with Gasteiger partial charge in [0.25, 0.3) is 0 Å². The number of aromatic nitrogens is 2. The van der Waals surface area contributed by atoms with E-state index in [2.05, 4.69) is 36.4 Å². The van der Waals surface area contributed by atoms with Crippen LogP contribution in [0.2, 0.25) is 0 Å². The van der Waals surface area contributed by atoms with Crippen LogP contribution in [0.3, 0.4) is 0 Å². The topological polar surface area (TPSA) is 46.9 Å². The normalized spacial score (nSPS) is 12.6. The predicted molar refractivity (Wildman–Crippen MR) is 94.1 cm³/mol. The number of aryl methyl sites for hydroxylation is 3. The van der Waals surface area contributed by atoms with Gasteiger partial charge in [0.2, 0.25) is 5.91 Å². The molecule has 0 aliphatic rings. The van der Waals surface area contributed by atoms with E-state index >= 15 is 0 Å². The van der Waals surface area contributed by atoms with Crippen LogP contribution in [0.15, 0.2) is 30.3 Å². The number of carbonyl (C=O) groups excluding carboxylic acids is 1. The third-order valence-electron chi connectivity index (χ3n) is 4.07. The molecule has 4 heteroatoms. The molecule has 1 atom stereocenters. The van der Waals surface area contributed by atoms with Gasteiger partial charge in [-0.1, -0.05) is 29.8 Å². The monoisotopic (exact) mass is 311 g/mol. The molecule has 2 rings (SSSR count). The van der Waals surface area contributed by atoms with E-state index < -0.39 is 0 Å². The first-order valence-corrected chi connectivity index (χ1v) is 8.01. The minimum atomic E-state index is -0.0962. The van der Waals surface area contributed by atoms with E-state index in [1.54, 1.807) is 6.08 Å². The Labute approximate surface area is 138 Å². The Hall–Kier alpha value is -2.36. The summed E-state index contributed by atoms with van der Waals surface area (Å²) in [4.78, 5) is 12.1. The van der Waals surface area contributed by atoms with Crippen LogP contribution < -0.4 is 5.32 Å². The Morgan fingerprint density at radius 1 is 1.26 bits per heavy atom. The quantitative estimate of drug-likeness (QED) is 0.856. The Morgan fingerprint density at radius 3 is 2.48 bits per heavy atom. The first-order chi connectivity index (χ1) is 10.9.